The van der Waals surface area contributed by atoms with E-state index in [0.717, 1.165) is 0 Å². The number of aromatic nitrogens is 1. The Kier molecular flexibility index (Phi) is 4.15. The second-order valence-electron chi connectivity index (χ2n) is 4.09. The smallest absolute Gasteiger partial charge is 0.312 e. The van der Waals surface area contributed by atoms with E-state index in [2.05, 4.69) is 11.1 Å². The zero-order chi connectivity index (χ0) is 12.1. The first-order valence-electron chi connectivity index (χ1n) is 5.67. The quantitative estimate of drug-likeness (QED) is 0.597. The van der Waals surface area contributed by atoms with Crippen molar-refractivity contribution in [3.8, 4) is 0 Å². The van der Waals surface area contributed by atoms with Crippen LogP contribution in [0.25, 0.3) is 0 Å². The molecule has 0 N–H and O–H groups in total. The lowest BCUT2D eigenvalue weighted by molar-refractivity contribution is -0.141. The Bertz CT molecular complexity index is 410. The molecule has 2 rings (SSSR count). The van der Waals surface area contributed by atoms with Gasteiger partial charge in [0.05, 0.1) is 17.1 Å². The number of nitrogens with zero attached hydrogens (tertiary/aromatic N) is 1. The van der Waals surface area contributed by atoms with Gasteiger partial charge in [-0.1, -0.05) is 23.8 Å². The van der Waals surface area contributed by atoms with Crippen LogP contribution in [0.2, 0.25) is 5.02 Å². The Labute approximate surface area is 105 Å². The Morgan fingerprint density at radius 3 is 3.00 bits per heavy atom. The van der Waals surface area contributed by atoms with Gasteiger partial charge >= 0.3 is 5.97 Å². The van der Waals surface area contributed by atoms with Crippen molar-refractivity contribution in [3.63, 3.8) is 0 Å². The first kappa shape index (κ1) is 12.1. The van der Waals surface area contributed by atoms with Crippen molar-refractivity contribution in [2.24, 2.45) is 5.92 Å². The van der Waals surface area contributed by atoms with Crippen LogP contribution in [0.3, 0.4) is 0 Å². The maximum absolute atomic E-state index is 11.4. The number of halogens is 1. The third kappa shape index (κ3) is 4.57. The summed E-state index contributed by atoms with van der Waals surface area (Å²) in [6.45, 7) is 0.350. The van der Waals surface area contributed by atoms with Crippen molar-refractivity contribution in [1.82, 2.24) is 4.98 Å². The van der Waals surface area contributed by atoms with E-state index in [4.69, 9.17) is 16.3 Å². The van der Waals surface area contributed by atoms with Gasteiger partial charge in [-0.05, 0) is 30.9 Å². The van der Waals surface area contributed by atoms with Gasteiger partial charge in [0.2, 0.25) is 0 Å². The van der Waals surface area contributed by atoms with Gasteiger partial charge < -0.3 is 4.74 Å². The molecule has 1 heterocycles. The first-order valence-corrected chi connectivity index (χ1v) is 6.04. The molecule has 1 aromatic rings. The summed E-state index contributed by atoms with van der Waals surface area (Å²) in [7, 11) is 0. The lowest BCUT2D eigenvalue weighted by atomic mass is 10.3. The lowest BCUT2D eigenvalue weighted by Crippen LogP contribution is -2.09. The maximum Gasteiger partial charge on any atom is 0.312 e. The minimum atomic E-state index is -0.264. The number of allylic oxidation sites excluding steroid dienone is 1. The number of carbonyl (C=O) groups excluding carboxylic acids is 1. The Hall–Kier alpha value is -1.35. The van der Waals surface area contributed by atoms with Crippen LogP contribution in [0.1, 0.15) is 18.5 Å². The van der Waals surface area contributed by atoms with Gasteiger partial charge in [0, 0.05) is 6.20 Å². The van der Waals surface area contributed by atoms with Gasteiger partial charge in [-0.2, -0.15) is 0 Å². The summed E-state index contributed by atoms with van der Waals surface area (Å²) in [5, 5.41) is 0.564. The van der Waals surface area contributed by atoms with Crippen LogP contribution in [0, 0.1) is 5.92 Å². The van der Waals surface area contributed by atoms with Crippen molar-refractivity contribution in [3.05, 3.63) is 41.2 Å². The average Bonchev–Trinajstić information content (AvgIpc) is 3.12. The number of pyridine rings is 1. The number of hydrogen-bond acceptors (Lipinski definition) is 3. The molecule has 0 saturated heterocycles. The fourth-order valence-corrected chi connectivity index (χ4v) is 1.50. The molecule has 0 amide bonds. The van der Waals surface area contributed by atoms with Crippen LogP contribution in [-0.4, -0.2) is 17.6 Å². The lowest BCUT2D eigenvalue weighted by Gasteiger charge is -2.01. The summed E-state index contributed by atoms with van der Waals surface area (Å²) in [6, 6.07) is 3.44. The summed E-state index contributed by atoms with van der Waals surface area (Å²) in [5.41, 5.74) is 0.672. The van der Waals surface area contributed by atoms with E-state index in [0.29, 0.717) is 23.2 Å². The number of hydrogen-bond donors (Lipinski definition) is 0. The summed E-state index contributed by atoms with van der Waals surface area (Å²) in [6.07, 6.45) is 8.25. The molecule has 0 aromatic carbocycles. The zero-order valence-corrected chi connectivity index (χ0v) is 10.2. The van der Waals surface area contributed by atoms with Gasteiger partial charge in [0.25, 0.3) is 0 Å². The Balaban J connectivity index is 1.70. The molecular formula is C13H14ClNO2. The minimum absolute atomic E-state index is 0.189. The van der Waals surface area contributed by atoms with Crippen molar-refractivity contribution in [1.29, 1.82) is 0 Å². The monoisotopic (exact) mass is 251 g/mol. The second kappa shape index (κ2) is 5.82. The predicted molar refractivity (Wildman–Crippen MR) is 65.8 cm³/mol. The standard InChI is InChI=1S/C13H14ClNO2/c14-11-5-6-12(15-9-11)8-13(16)17-7-1-2-10-3-4-10/h1-2,5-6,9-10H,3-4,7-8H2/b2-1+. The largest absolute Gasteiger partial charge is 0.461 e. The van der Waals surface area contributed by atoms with Crippen LogP contribution in [0.4, 0.5) is 0 Å². The molecule has 0 radical (unpaired) electrons. The SMILES string of the molecule is O=C(Cc1ccc(Cl)cn1)OC/C=C/C1CC1. The van der Waals surface area contributed by atoms with E-state index in [1.807, 2.05) is 6.08 Å². The maximum atomic E-state index is 11.4. The number of rotatable bonds is 5. The highest BCUT2D eigenvalue weighted by Crippen LogP contribution is 2.29. The van der Waals surface area contributed by atoms with E-state index in [9.17, 15) is 4.79 Å². The molecule has 1 aromatic heterocycles. The molecule has 0 spiro atoms. The highest BCUT2D eigenvalue weighted by atomic mass is 35.5. The fourth-order valence-electron chi connectivity index (χ4n) is 1.39. The molecule has 17 heavy (non-hydrogen) atoms. The molecule has 0 aliphatic heterocycles. The van der Waals surface area contributed by atoms with E-state index in [-0.39, 0.29) is 12.4 Å². The highest BCUT2D eigenvalue weighted by molar-refractivity contribution is 6.30. The number of carbonyl (C=O) groups is 1. The Morgan fingerprint density at radius 2 is 2.35 bits per heavy atom. The van der Waals surface area contributed by atoms with Crippen LogP contribution < -0.4 is 0 Å². The van der Waals surface area contributed by atoms with Crippen LogP contribution >= 0.6 is 11.6 Å². The highest BCUT2D eigenvalue weighted by Gasteiger charge is 2.16. The molecule has 4 heteroatoms. The van der Waals surface area contributed by atoms with Crippen molar-refractivity contribution >= 4 is 17.6 Å². The van der Waals surface area contributed by atoms with Gasteiger partial charge in [0.1, 0.15) is 6.61 Å². The summed E-state index contributed by atoms with van der Waals surface area (Å²) >= 11 is 5.70. The van der Waals surface area contributed by atoms with E-state index in [1.165, 1.54) is 19.0 Å². The molecule has 1 saturated carbocycles. The second-order valence-corrected chi connectivity index (χ2v) is 4.53. The summed E-state index contributed by atoms with van der Waals surface area (Å²) in [4.78, 5) is 15.5. The van der Waals surface area contributed by atoms with E-state index in [1.54, 1.807) is 12.1 Å². The first-order chi connectivity index (χ1) is 8.24. The third-order valence-electron chi connectivity index (χ3n) is 2.48. The molecule has 0 bridgehead atoms. The molecule has 3 nitrogen and oxygen atoms in total. The molecule has 1 aliphatic rings. The van der Waals surface area contributed by atoms with Gasteiger partial charge in [0.15, 0.2) is 0 Å². The predicted octanol–water partition coefficient (Wildman–Crippen LogP) is 2.79. The molecule has 1 fully saturated rings. The normalized spacial score (nSPS) is 15.1. The Morgan fingerprint density at radius 1 is 1.53 bits per heavy atom. The van der Waals surface area contributed by atoms with Crippen LogP contribution in [-0.2, 0) is 16.0 Å². The van der Waals surface area contributed by atoms with Crippen molar-refractivity contribution in [2.75, 3.05) is 6.61 Å². The van der Waals surface area contributed by atoms with Crippen LogP contribution in [0.15, 0.2) is 30.5 Å². The minimum Gasteiger partial charge on any atom is -0.461 e. The molecule has 1 aliphatic carbocycles. The van der Waals surface area contributed by atoms with E-state index >= 15 is 0 Å². The average molecular weight is 252 g/mol. The third-order valence-corrected chi connectivity index (χ3v) is 2.71. The zero-order valence-electron chi connectivity index (χ0n) is 9.43. The van der Waals surface area contributed by atoms with Gasteiger partial charge in [-0.15, -0.1) is 0 Å². The molecule has 0 atom stereocenters. The van der Waals surface area contributed by atoms with E-state index < -0.39 is 0 Å². The number of esters is 1. The molecule has 90 valence electrons. The fraction of sp³-hybridized carbons (Fsp3) is 0.385. The summed E-state index contributed by atoms with van der Waals surface area (Å²) in [5.74, 6) is 0.451. The number of ether oxygens (including phenoxy) is 1. The van der Waals surface area contributed by atoms with Gasteiger partial charge in [-0.3, -0.25) is 9.78 Å². The van der Waals surface area contributed by atoms with Crippen molar-refractivity contribution in [2.45, 2.75) is 19.3 Å². The van der Waals surface area contributed by atoms with Crippen molar-refractivity contribution < 1.29 is 9.53 Å². The topological polar surface area (TPSA) is 39.2 Å². The molecule has 0 unspecified atom stereocenters. The van der Waals surface area contributed by atoms with Gasteiger partial charge in [-0.25, -0.2) is 0 Å². The molecular weight excluding hydrogens is 238 g/mol. The summed E-state index contributed by atoms with van der Waals surface area (Å²) < 4.78 is 5.06. The van der Waals surface area contributed by atoms with Crippen LogP contribution in [0.5, 0.6) is 0 Å².